The summed E-state index contributed by atoms with van der Waals surface area (Å²) in [4.78, 5) is 33.0. The molecule has 0 aliphatic rings. The van der Waals surface area contributed by atoms with Crippen LogP contribution in [-0.2, 0) is 14.4 Å². The van der Waals surface area contributed by atoms with Gasteiger partial charge in [0, 0.05) is 12.8 Å². The average molecular weight is 302 g/mol. The van der Waals surface area contributed by atoms with Crippen LogP contribution in [0, 0.1) is 0 Å². The summed E-state index contributed by atoms with van der Waals surface area (Å²) in [6, 6.07) is -0.851. The fraction of sp³-hybridized carbons (Fsp3) is 0.786. The Morgan fingerprint density at radius 3 is 2.05 bits per heavy atom. The third-order valence-corrected chi connectivity index (χ3v) is 3.12. The van der Waals surface area contributed by atoms with Gasteiger partial charge in [-0.3, -0.25) is 9.59 Å². The summed E-state index contributed by atoms with van der Waals surface area (Å²) in [6.07, 6.45) is 4.99. The van der Waals surface area contributed by atoms with Gasteiger partial charge in [0.2, 0.25) is 5.91 Å². The molecule has 1 atom stereocenters. The van der Waals surface area contributed by atoms with E-state index in [-0.39, 0.29) is 18.7 Å². The molecule has 0 bridgehead atoms. The Morgan fingerprint density at radius 2 is 1.52 bits per heavy atom. The molecule has 0 saturated carbocycles. The highest BCUT2D eigenvalue weighted by molar-refractivity contribution is 5.83. The van der Waals surface area contributed by atoms with Crippen molar-refractivity contribution in [1.82, 2.24) is 5.32 Å². The second-order valence-electron chi connectivity index (χ2n) is 5.05. The van der Waals surface area contributed by atoms with Crippen molar-refractivity contribution in [1.29, 1.82) is 0 Å². The van der Waals surface area contributed by atoms with Crippen LogP contribution in [0.15, 0.2) is 0 Å². The molecule has 0 unspecified atom stereocenters. The zero-order valence-corrected chi connectivity index (χ0v) is 12.3. The van der Waals surface area contributed by atoms with Crippen molar-refractivity contribution >= 4 is 17.8 Å². The van der Waals surface area contributed by atoms with E-state index in [1.165, 1.54) is 0 Å². The highest BCUT2D eigenvalue weighted by atomic mass is 16.4. The zero-order valence-electron chi connectivity index (χ0n) is 12.3. The monoisotopic (exact) mass is 302 g/mol. The molecule has 0 heterocycles. The number of carbonyl (C=O) groups is 3. The highest BCUT2D eigenvalue weighted by Crippen LogP contribution is 2.06. The van der Waals surface area contributed by atoms with Crippen molar-refractivity contribution in [2.75, 3.05) is 6.54 Å². The number of carboxylic acids is 2. The van der Waals surface area contributed by atoms with Crippen LogP contribution in [0.5, 0.6) is 0 Å². The van der Waals surface area contributed by atoms with E-state index in [0.29, 0.717) is 32.2 Å². The predicted octanol–water partition coefficient (Wildman–Crippen LogP) is 1.11. The Hall–Kier alpha value is -1.63. The van der Waals surface area contributed by atoms with Crippen molar-refractivity contribution in [2.24, 2.45) is 5.73 Å². The molecule has 122 valence electrons. The Bertz CT molecular complexity index is 333. The highest BCUT2D eigenvalue weighted by Gasteiger charge is 2.18. The van der Waals surface area contributed by atoms with Crippen LogP contribution in [0.4, 0.5) is 0 Å². The molecule has 7 heteroatoms. The van der Waals surface area contributed by atoms with Crippen LogP contribution in [-0.4, -0.2) is 40.6 Å². The molecule has 0 spiro atoms. The molecule has 7 nitrogen and oxygen atoms in total. The summed E-state index contributed by atoms with van der Waals surface area (Å²) < 4.78 is 0. The zero-order chi connectivity index (χ0) is 16.1. The summed E-state index contributed by atoms with van der Waals surface area (Å²) in [5, 5.41) is 20.0. The number of unbranched alkanes of at least 4 members (excludes halogenated alkanes) is 4. The second-order valence-corrected chi connectivity index (χ2v) is 5.05. The number of amides is 1. The second kappa shape index (κ2) is 12.1. The van der Waals surface area contributed by atoms with E-state index in [1.54, 1.807) is 0 Å². The Kier molecular flexibility index (Phi) is 11.2. The molecule has 0 radical (unpaired) electrons. The van der Waals surface area contributed by atoms with E-state index in [2.05, 4.69) is 5.32 Å². The minimum atomic E-state index is -1.03. The Morgan fingerprint density at radius 1 is 0.905 bits per heavy atom. The minimum Gasteiger partial charge on any atom is -0.481 e. The van der Waals surface area contributed by atoms with Crippen molar-refractivity contribution < 1.29 is 24.6 Å². The van der Waals surface area contributed by atoms with Gasteiger partial charge >= 0.3 is 11.9 Å². The lowest BCUT2D eigenvalue weighted by Crippen LogP contribution is -2.40. The lowest BCUT2D eigenvalue weighted by atomic mass is 10.1. The van der Waals surface area contributed by atoms with E-state index >= 15 is 0 Å². The van der Waals surface area contributed by atoms with Gasteiger partial charge < -0.3 is 21.3 Å². The Balaban J connectivity index is 3.77. The first-order valence-electron chi connectivity index (χ1n) is 7.41. The van der Waals surface area contributed by atoms with Gasteiger partial charge in [-0.1, -0.05) is 12.8 Å². The molecule has 0 aromatic carbocycles. The maximum atomic E-state index is 11.6. The molecule has 5 N–H and O–H groups in total. The molecule has 0 fully saturated rings. The van der Waals surface area contributed by atoms with Crippen molar-refractivity contribution in [2.45, 2.75) is 63.8 Å². The number of rotatable bonds is 13. The van der Waals surface area contributed by atoms with Gasteiger partial charge in [0.15, 0.2) is 0 Å². The van der Waals surface area contributed by atoms with Gasteiger partial charge in [0.1, 0.15) is 6.04 Å². The van der Waals surface area contributed by atoms with Crippen molar-refractivity contribution in [3.8, 4) is 0 Å². The van der Waals surface area contributed by atoms with Gasteiger partial charge in [0.25, 0.3) is 0 Å². The summed E-state index contributed by atoms with van der Waals surface area (Å²) >= 11 is 0. The maximum Gasteiger partial charge on any atom is 0.326 e. The van der Waals surface area contributed by atoms with E-state index in [0.717, 1.165) is 19.3 Å². The molecule has 0 aromatic rings. The normalized spacial score (nSPS) is 11.9. The molecule has 0 saturated heterocycles. The average Bonchev–Trinajstić information content (AvgIpc) is 2.41. The molecule has 1 amide bonds. The number of carboxylic acid groups (broad SMARTS) is 2. The van der Waals surface area contributed by atoms with E-state index in [1.807, 2.05) is 0 Å². The lowest BCUT2D eigenvalue weighted by molar-refractivity contribution is -0.142. The van der Waals surface area contributed by atoms with Crippen LogP contribution in [0.3, 0.4) is 0 Å². The van der Waals surface area contributed by atoms with Crippen LogP contribution in [0.25, 0.3) is 0 Å². The third kappa shape index (κ3) is 11.9. The molecule has 0 rings (SSSR count). The SMILES string of the molecule is NCCCC[C@H](NC(=O)CCCCCCC(=O)O)C(=O)O. The largest absolute Gasteiger partial charge is 0.481 e. The van der Waals surface area contributed by atoms with Crippen molar-refractivity contribution in [3.05, 3.63) is 0 Å². The molecule has 0 aliphatic heterocycles. The fourth-order valence-electron chi connectivity index (χ4n) is 1.93. The van der Waals surface area contributed by atoms with Crippen LogP contribution >= 0.6 is 0 Å². The molecular weight excluding hydrogens is 276 g/mol. The first-order valence-corrected chi connectivity index (χ1v) is 7.41. The third-order valence-electron chi connectivity index (χ3n) is 3.12. The quantitative estimate of drug-likeness (QED) is 0.377. The topological polar surface area (TPSA) is 130 Å². The number of hydrogen-bond acceptors (Lipinski definition) is 4. The number of nitrogens with one attached hydrogen (secondary N) is 1. The van der Waals surface area contributed by atoms with Crippen molar-refractivity contribution in [3.63, 3.8) is 0 Å². The Labute approximate surface area is 124 Å². The van der Waals surface area contributed by atoms with Gasteiger partial charge in [-0.2, -0.15) is 0 Å². The van der Waals surface area contributed by atoms with Crippen LogP contribution in [0.1, 0.15) is 57.8 Å². The summed E-state index contributed by atoms with van der Waals surface area (Å²) in [7, 11) is 0. The standard InChI is InChI=1S/C14H26N2O5/c15-10-6-5-7-11(14(20)21)16-12(17)8-3-1-2-4-9-13(18)19/h11H,1-10,15H2,(H,16,17)(H,18,19)(H,20,21)/t11-/m0/s1. The van der Waals surface area contributed by atoms with Gasteiger partial charge in [-0.15, -0.1) is 0 Å². The number of carbonyl (C=O) groups excluding carboxylic acids is 1. The van der Waals surface area contributed by atoms with Gasteiger partial charge in [0.05, 0.1) is 0 Å². The van der Waals surface area contributed by atoms with Gasteiger partial charge in [-0.25, -0.2) is 4.79 Å². The molecule has 0 aliphatic carbocycles. The fourth-order valence-corrected chi connectivity index (χ4v) is 1.93. The van der Waals surface area contributed by atoms with E-state index in [4.69, 9.17) is 15.9 Å². The summed E-state index contributed by atoms with van der Waals surface area (Å²) in [6.45, 7) is 0.511. The smallest absolute Gasteiger partial charge is 0.326 e. The maximum absolute atomic E-state index is 11.6. The number of hydrogen-bond donors (Lipinski definition) is 4. The first kappa shape index (κ1) is 19.4. The van der Waals surface area contributed by atoms with Crippen LogP contribution < -0.4 is 11.1 Å². The van der Waals surface area contributed by atoms with E-state index in [9.17, 15) is 14.4 Å². The molecule has 0 aromatic heterocycles. The summed E-state index contributed by atoms with van der Waals surface area (Å²) in [5.74, 6) is -2.11. The predicted molar refractivity (Wildman–Crippen MR) is 77.8 cm³/mol. The first-order chi connectivity index (χ1) is 9.97. The molecule has 21 heavy (non-hydrogen) atoms. The van der Waals surface area contributed by atoms with Gasteiger partial charge in [-0.05, 0) is 38.6 Å². The number of nitrogens with two attached hydrogens (primary N) is 1. The molecular formula is C14H26N2O5. The lowest BCUT2D eigenvalue weighted by Gasteiger charge is -2.14. The van der Waals surface area contributed by atoms with Crippen LogP contribution in [0.2, 0.25) is 0 Å². The summed E-state index contributed by atoms with van der Waals surface area (Å²) in [5.41, 5.74) is 5.34. The number of aliphatic carboxylic acids is 2. The minimum absolute atomic E-state index is 0.147. The van der Waals surface area contributed by atoms with E-state index < -0.39 is 18.0 Å².